The van der Waals surface area contributed by atoms with Crippen LogP contribution in [0, 0.1) is 6.92 Å². The highest BCUT2D eigenvalue weighted by atomic mass is 16.5. The summed E-state index contributed by atoms with van der Waals surface area (Å²) in [6.07, 6.45) is 3.52. The molecular weight excluding hydrogens is 366 g/mol. The SMILES string of the molecule is Cc1cc(N2CCC(Nc3nc4n(n3)CCOC4c3ccccc3)CC2)ncn1. The van der Waals surface area contributed by atoms with Gasteiger partial charge < -0.3 is 15.0 Å². The first-order chi connectivity index (χ1) is 14.3. The van der Waals surface area contributed by atoms with Gasteiger partial charge in [0.25, 0.3) is 0 Å². The highest BCUT2D eigenvalue weighted by molar-refractivity contribution is 5.40. The number of aromatic nitrogens is 5. The van der Waals surface area contributed by atoms with Crippen LogP contribution in [0.4, 0.5) is 11.8 Å². The van der Waals surface area contributed by atoms with E-state index < -0.39 is 0 Å². The van der Waals surface area contributed by atoms with Crippen LogP contribution in [-0.4, -0.2) is 50.5 Å². The van der Waals surface area contributed by atoms with Gasteiger partial charge in [-0.15, -0.1) is 5.10 Å². The largest absolute Gasteiger partial charge is 0.364 e. The van der Waals surface area contributed by atoms with E-state index in [1.54, 1.807) is 6.33 Å². The Morgan fingerprint density at radius 1 is 1.07 bits per heavy atom. The standard InChI is InChI=1S/C21H25N7O/c1-15-13-18(23-14-22-15)27-9-7-17(8-10-27)24-21-25-20-19(16-5-3-2-4-6-16)29-12-11-28(20)26-21/h2-6,13-14,17,19H,7-12H2,1H3,(H,24,26). The molecule has 29 heavy (non-hydrogen) atoms. The number of anilines is 2. The van der Waals surface area contributed by atoms with Crippen LogP contribution in [-0.2, 0) is 11.3 Å². The van der Waals surface area contributed by atoms with Gasteiger partial charge in [0, 0.05) is 30.9 Å². The van der Waals surface area contributed by atoms with Crippen molar-refractivity contribution in [2.75, 3.05) is 29.9 Å². The number of nitrogens with one attached hydrogen (secondary N) is 1. The molecule has 1 unspecified atom stereocenters. The molecule has 2 aliphatic heterocycles. The van der Waals surface area contributed by atoms with Crippen LogP contribution < -0.4 is 10.2 Å². The molecule has 2 aromatic heterocycles. The Labute approximate surface area is 170 Å². The van der Waals surface area contributed by atoms with Crippen LogP contribution in [0.25, 0.3) is 0 Å². The molecule has 0 spiro atoms. The Morgan fingerprint density at radius 2 is 1.90 bits per heavy atom. The van der Waals surface area contributed by atoms with E-state index in [2.05, 4.69) is 37.4 Å². The van der Waals surface area contributed by atoms with Gasteiger partial charge in [0.1, 0.15) is 18.2 Å². The minimum Gasteiger partial charge on any atom is -0.364 e. The van der Waals surface area contributed by atoms with Crippen LogP contribution in [0.5, 0.6) is 0 Å². The third-order valence-corrected chi connectivity index (χ3v) is 5.57. The fraction of sp³-hybridized carbons (Fsp3) is 0.429. The molecule has 3 aromatic rings. The number of hydrogen-bond donors (Lipinski definition) is 1. The smallest absolute Gasteiger partial charge is 0.242 e. The van der Waals surface area contributed by atoms with Crippen LogP contribution >= 0.6 is 0 Å². The lowest BCUT2D eigenvalue weighted by Gasteiger charge is -2.32. The first-order valence-electron chi connectivity index (χ1n) is 10.2. The predicted molar refractivity (Wildman–Crippen MR) is 110 cm³/mol. The van der Waals surface area contributed by atoms with Crippen molar-refractivity contribution < 1.29 is 4.74 Å². The number of rotatable bonds is 4. The molecule has 1 saturated heterocycles. The van der Waals surface area contributed by atoms with E-state index >= 15 is 0 Å². The highest BCUT2D eigenvalue weighted by Gasteiger charge is 2.28. The Morgan fingerprint density at radius 3 is 2.69 bits per heavy atom. The molecule has 0 amide bonds. The average molecular weight is 391 g/mol. The van der Waals surface area contributed by atoms with Crippen LogP contribution in [0.15, 0.2) is 42.7 Å². The van der Waals surface area contributed by atoms with Crippen molar-refractivity contribution in [3.63, 3.8) is 0 Å². The number of piperidine rings is 1. The van der Waals surface area contributed by atoms with Gasteiger partial charge in [-0.1, -0.05) is 30.3 Å². The molecule has 4 heterocycles. The van der Waals surface area contributed by atoms with E-state index in [1.165, 1.54) is 0 Å². The minimum atomic E-state index is -0.157. The second kappa shape index (κ2) is 7.79. The van der Waals surface area contributed by atoms with E-state index in [1.807, 2.05) is 35.9 Å². The molecule has 8 nitrogen and oxygen atoms in total. The van der Waals surface area contributed by atoms with E-state index in [-0.39, 0.29) is 6.10 Å². The maximum absolute atomic E-state index is 6.00. The zero-order valence-corrected chi connectivity index (χ0v) is 16.5. The summed E-state index contributed by atoms with van der Waals surface area (Å²) in [5, 5.41) is 8.23. The fourth-order valence-corrected chi connectivity index (χ4v) is 4.03. The van der Waals surface area contributed by atoms with Crippen molar-refractivity contribution in [3.05, 3.63) is 59.8 Å². The van der Waals surface area contributed by atoms with Crippen LogP contribution in [0.2, 0.25) is 0 Å². The Balaban J connectivity index is 1.25. The van der Waals surface area contributed by atoms with Gasteiger partial charge in [0.2, 0.25) is 5.95 Å². The molecule has 8 heteroatoms. The van der Waals surface area contributed by atoms with Crippen LogP contribution in [0.3, 0.4) is 0 Å². The van der Waals surface area contributed by atoms with Gasteiger partial charge in [0.15, 0.2) is 5.82 Å². The number of fused-ring (bicyclic) bond motifs is 1. The molecule has 0 bridgehead atoms. The second-order valence-corrected chi connectivity index (χ2v) is 7.60. The predicted octanol–water partition coefficient (Wildman–Crippen LogP) is 2.58. The summed E-state index contributed by atoms with van der Waals surface area (Å²) in [5.74, 6) is 2.58. The lowest BCUT2D eigenvalue weighted by Crippen LogP contribution is -2.39. The zero-order valence-electron chi connectivity index (χ0n) is 16.5. The monoisotopic (exact) mass is 391 g/mol. The molecule has 1 fully saturated rings. The summed E-state index contributed by atoms with van der Waals surface area (Å²) in [4.78, 5) is 15.7. The lowest BCUT2D eigenvalue weighted by molar-refractivity contribution is 0.0390. The summed E-state index contributed by atoms with van der Waals surface area (Å²) < 4.78 is 7.97. The number of aryl methyl sites for hydroxylation is 1. The fourth-order valence-electron chi connectivity index (χ4n) is 4.03. The van der Waals surface area contributed by atoms with E-state index in [4.69, 9.17) is 9.72 Å². The van der Waals surface area contributed by atoms with Gasteiger partial charge in [-0.05, 0) is 25.3 Å². The minimum absolute atomic E-state index is 0.157. The van der Waals surface area contributed by atoms with Crippen LogP contribution in [0.1, 0.15) is 36.0 Å². The van der Waals surface area contributed by atoms with Gasteiger partial charge in [0.05, 0.1) is 13.2 Å². The zero-order chi connectivity index (χ0) is 19.6. The second-order valence-electron chi connectivity index (χ2n) is 7.60. The third kappa shape index (κ3) is 3.80. The Kier molecular flexibility index (Phi) is 4.85. The third-order valence-electron chi connectivity index (χ3n) is 5.57. The highest BCUT2D eigenvalue weighted by Crippen LogP contribution is 2.29. The topological polar surface area (TPSA) is 81.0 Å². The van der Waals surface area contributed by atoms with Gasteiger partial charge >= 0.3 is 0 Å². The Bertz CT molecular complexity index is 966. The van der Waals surface area contributed by atoms with Crippen molar-refractivity contribution >= 4 is 11.8 Å². The maximum atomic E-state index is 6.00. The molecule has 0 radical (unpaired) electrons. The molecule has 1 atom stereocenters. The first-order valence-corrected chi connectivity index (χ1v) is 10.2. The lowest BCUT2D eigenvalue weighted by atomic mass is 10.1. The summed E-state index contributed by atoms with van der Waals surface area (Å²) in [7, 11) is 0. The van der Waals surface area contributed by atoms with E-state index in [0.29, 0.717) is 18.6 Å². The quantitative estimate of drug-likeness (QED) is 0.732. The molecule has 5 rings (SSSR count). The summed E-state index contributed by atoms with van der Waals surface area (Å²) >= 11 is 0. The van der Waals surface area contributed by atoms with E-state index in [0.717, 1.165) is 55.4 Å². The first kappa shape index (κ1) is 18.1. The van der Waals surface area contributed by atoms with Gasteiger partial charge in [-0.3, -0.25) is 0 Å². The van der Waals surface area contributed by atoms with Crippen molar-refractivity contribution in [2.45, 2.75) is 38.5 Å². The molecule has 1 aromatic carbocycles. The van der Waals surface area contributed by atoms with Crippen molar-refractivity contribution in [2.24, 2.45) is 0 Å². The molecule has 150 valence electrons. The summed E-state index contributed by atoms with van der Waals surface area (Å²) in [6.45, 7) is 5.29. The van der Waals surface area contributed by atoms with Gasteiger partial charge in [-0.2, -0.15) is 4.98 Å². The molecule has 2 aliphatic rings. The number of ether oxygens (including phenoxy) is 1. The molecular formula is C21H25N7O. The summed E-state index contributed by atoms with van der Waals surface area (Å²) in [6, 6.07) is 12.6. The average Bonchev–Trinajstić information content (AvgIpc) is 3.17. The Hall–Kier alpha value is -3.00. The molecule has 1 N–H and O–H groups in total. The van der Waals surface area contributed by atoms with Gasteiger partial charge in [-0.25, -0.2) is 14.6 Å². The summed E-state index contributed by atoms with van der Waals surface area (Å²) in [5.41, 5.74) is 2.11. The molecule has 0 aliphatic carbocycles. The van der Waals surface area contributed by atoms with Crippen molar-refractivity contribution in [1.82, 2.24) is 24.7 Å². The number of benzene rings is 1. The number of hydrogen-bond acceptors (Lipinski definition) is 7. The maximum Gasteiger partial charge on any atom is 0.242 e. The van der Waals surface area contributed by atoms with Crippen molar-refractivity contribution in [1.29, 1.82) is 0 Å². The number of nitrogens with zero attached hydrogens (tertiary/aromatic N) is 6. The molecule has 0 saturated carbocycles. The van der Waals surface area contributed by atoms with E-state index in [9.17, 15) is 0 Å². The normalized spacial score (nSPS) is 19.8. The van der Waals surface area contributed by atoms with Crippen molar-refractivity contribution in [3.8, 4) is 0 Å².